The van der Waals surface area contributed by atoms with E-state index in [4.69, 9.17) is 4.74 Å². The minimum atomic E-state index is -0.682. The van der Waals surface area contributed by atoms with Crippen molar-refractivity contribution in [1.82, 2.24) is 5.32 Å². The van der Waals surface area contributed by atoms with Gasteiger partial charge in [-0.25, -0.2) is 0 Å². The molecule has 3 N–H and O–H groups in total. The van der Waals surface area contributed by atoms with Crippen LogP contribution in [0.2, 0.25) is 0 Å². The highest BCUT2D eigenvalue weighted by Gasteiger charge is 2.20. The van der Waals surface area contributed by atoms with E-state index in [2.05, 4.69) is 31.3 Å². The van der Waals surface area contributed by atoms with Gasteiger partial charge in [0.25, 0.3) is 0 Å². The highest BCUT2D eigenvalue weighted by Crippen LogP contribution is 2.17. The minimum absolute atomic E-state index is 0.0320. The van der Waals surface area contributed by atoms with Gasteiger partial charge >= 0.3 is 5.97 Å². The van der Waals surface area contributed by atoms with Crippen molar-refractivity contribution in [1.29, 1.82) is 0 Å². The summed E-state index contributed by atoms with van der Waals surface area (Å²) in [6, 6.07) is -0.562. The summed E-state index contributed by atoms with van der Waals surface area (Å²) < 4.78 is 5.45. The third-order valence-electron chi connectivity index (χ3n) is 12.6. The van der Waals surface area contributed by atoms with E-state index in [9.17, 15) is 19.8 Å². The number of carbonyl (C=O) groups excluding carboxylic acids is 2. The molecule has 0 spiro atoms. The summed E-state index contributed by atoms with van der Waals surface area (Å²) in [6.45, 7) is 4.90. The Morgan fingerprint density at radius 2 is 0.783 bits per heavy atom. The lowest BCUT2D eigenvalue weighted by Crippen LogP contribution is -2.45. The van der Waals surface area contributed by atoms with Crippen LogP contribution in [0.1, 0.15) is 296 Å². The average Bonchev–Trinajstić information content (AvgIpc) is 3.25. The molecule has 0 aliphatic carbocycles. The van der Waals surface area contributed by atoms with Crippen LogP contribution in [-0.4, -0.2) is 47.4 Å². The Balaban J connectivity index is 3.48. The predicted molar refractivity (Wildman–Crippen MR) is 260 cm³/mol. The van der Waals surface area contributed by atoms with Crippen molar-refractivity contribution < 1.29 is 24.5 Å². The van der Waals surface area contributed by atoms with Crippen molar-refractivity contribution in [2.75, 3.05) is 13.2 Å². The number of aliphatic hydroxyl groups excluding tert-OH is 2. The van der Waals surface area contributed by atoms with Crippen LogP contribution in [0.5, 0.6) is 0 Å². The zero-order chi connectivity index (χ0) is 43.7. The average molecular weight is 848 g/mol. The molecular formula is C54H105NO5. The summed E-state index contributed by atoms with van der Waals surface area (Å²) in [6.07, 6.45) is 57.5. The van der Waals surface area contributed by atoms with E-state index in [-0.39, 0.29) is 18.5 Å². The lowest BCUT2D eigenvalue weighted by molar-refractivity contribution is -0.143. The number of ether oxygens (including phenoxy) is 1. The van der Waals surface area contributed by atoms with Gasteiger partial charge in [-0.2, -0.15) is 0 Å². The van der Waals surface area contributed by atoms with Gasteiger partial charge in [0.15, 0.2) is 0 Å². The van der Waals surface area contributed by atoms with Crippen molar-refractivity contribution in [3.63, 3.8) is 0 Å². The Morgan fingerprint density at radius 1 is 0.450 bits per heavy atom. The second-order valence-corrected chi connectivity index (χ2v) is 18.6. The molecule has 0 heterocycles. The van der Waals surface area contributed by atoms with Crippen LogP contribution in [0, 0.1) is 0 Å². The van der Waals surface area contributed by atoms with E-state index < -0.39 is 12.1 Å². The Hall–Kier alpha value is -1.40. The van der Waals surface area contributed by atoms with Crippen LogP contribution < -0.4 is 5.32 Å². The van der Waals surface area contributed by atoms with E-state index in [1.165, 1.54) is 205 Å². The summed E-state index contributed by atoms with van der Waals surface area (Å²) in [5.74, 6) is -0.0925. The molecule has 356 valence electrons. The first kappa shape index (κ1) is 58.6. The monoisotopic (exact) mass is 848 g/mol. The topological polar surface area (TPSA) is 95.9 Å². The van der Waals surface area contributed by atoms with E-state index in [0.717, 1.165) is 57.8 Å². The molecule has 6 heteroatoms. The normalized spacial score (nSPS) is 12.7. The first-order valence-electron chi connectivity index (χ1n) is 26.9. The molecule has 1 amide bonds. The second kappa shape index (κ2) is 50.2. The molecule has 2 atom stereocenters. The summed E-state index contributed by atoms with van der Waals surface area (Å²) in [5.41, 5.74) is 0. The van der Waals surface area contributed by atoms with E-state index in [1.807, 2.05) is 0 Å². The van der Waals surface area contributed by atoms with E-state index >= 15 is 0 Å². The molecular weight excluding hydrogens is 743 g/mol. The molecule has 0 radical (unpaired) electrons. The maximum atomic E-state index is 12.5. The number of unbranched alkanes of at least 4 members (excludes halogenated alkanes) is 37. The Morgan fingerprint density at radius 3 is 1.18 bits per heavy atom. The van der Waals surface area contributed by atoms with Gasteiger partial charge in [-0.15, -0.1) is 0 Å². The maximum Gasteiger partial charge on any atom is 0.305 e. The van der Waals surface area contributed by atoms with Gasteiger partial charge in [-0.1, -0.05) is 244 Å². The fourth-order valence-corrected chi connectivity index (χ4v) is 8.40. The number of nitrogens with one attached hydrogen (secondary N) is 1. The van der Waals surface area contributed by atoms with Gasteiger partial charge in [0, 0.05) is 12.8 Å². The van der Waals surface area contributed by atoms with Crippen molar-refractivity contribution in [3.05, 3.63) is 12.2 Å². The summed E-state index contributed by atoms with van der Waals surface area (Å²) in [7, 11) is 0. The number of aliphatic hydroxyl groups is 2. The number of hydrogen-bond acceptors (Lipinski definition) is 5. The Kier molecular flexibility index (Phi) is 49.1. The molecule has 0 fully saturated rings. The second-order valence-electron chi connectivity index (χ2n) is 18.6. The standard InChI is InChI=1S/C54H105NO5/c1-3-5-7-9-11-13-15-17-19-20-21-22-24-25-27-30-34-38-42-46-52(57)51(50-56)55-53(58)47-43-39-35-31-29-33-37-41-45-49-60-54(59)48-44-40-36-32-28-26-23-18-16-14-12-10-8-6-4-2/h18,23,51-52,56-57H,3-17,19-22,24-50H2,1-2H3,(H,55,58)/b23-18-. The van der Waals surface area contributed by atoms with E-state index in [0.29, 0.717) is 25.9 Å². The fraction of sp³-hybridized carbons (Fsp3) is 0.926. The van der Waals surface area contributed by atoms with Gasteiger partial charge in [-0.3, -0.25) is 9.59 Å². The third kappa shape index (κ3) is 46.1. The highest BCUT2D eigenvalue weighted by molar-refractivity contribution is 5.76. The van der Waals surface area contributed by atoms with Gasteiger partial charge in [-0.05, 0) is 51.4 Å². The summed E-state index contributed by atoms with van der Waals surface area (Å²) in [4.78, 5) is 24.5. The minimum Gasteiger partial charge on any atom is -0.466 e. The molecule has 60 heavy (non-hydrogen) atoms. The maximum absolute atomic E-state index is 12.5. The van der Waals surface area contributed by atoms with Crippen molar-refractivity contribution in [2.24, 2.45) is 0 Å². The van der Waals surface area contributed by atoms with Crippen LogP contribution >= 0.6 is 0 Å². The van der Waals surface area contributed by atoms with E-state index in [1.54, 1.807) is 0 Å². The third-order valence-corrected chi connectivity index (χ3v) is 12.6. The lowest BCUT2D eigenvalue weighted by atomic mass is 10.0. The van der Waals surface area contributed by atoms with Crippen LogP contribution in [0.3, 0.4) is 0 Å². The summed E-state index contributed by atoms with van der Waals surface area (Å²) >= 11 is 0. The number of esters is 1. The molecule has 0 rings (SSSR count). The first-order valence-corrected chi connectivity index (χ1v) is 26.9. The molecule has 0 saturated carbocycles. The zero-order valence-electron chi connectivity index (χ0n) is 40.5. The smallest absolute Gasteiger partial charge is 0.305 e. The van der Waals surface area contributed by atoms with Gasteiger partial charge in [0.05, 0.1) is 25.4 Å². The molecule has 2 unspecified atom stereocenters. The number of carbonyl (C=O) groups is 2. The molecule has 0 aromatic heterocycles. The highest BCUT2D eigenvalue weighted by atomic mass is 16.5. The number of amides is 1. The van der Waals surface area contributed by atoms with Crippen LogP contribution in [-0.2, 0) is 14.3 Å². The quantitative estimate of drug-likeness (QED) is 0.0322. The molecule has 0 aliphatic heterocycles. The largest absolute Gasteiger partial charge is 0.466 e. The Bertz CT molecular complexity index is 893. The van der Waals surface area contributed by atoms with Crippen LogP contribution in [0.25, 0.3) is 0 Å². The predicted octanol–water partition coefficient (Wildman–Crippen LogP) is 16.1. The van der Waals surface area contributed by atoms with Gasteiger partial charge < -0.3 is 20.3 Å². The van der Waals surface area contributed by atoms with Crippen LogP contribution in [0.15, 0.2) is 12.2 Å². The van der Waals surface area contributed by atoms with Crippen molar-refractivity contribution >= 4 is 11.9 Å². The molecule has 0 bridgehead atoms. The molecule has 6 nitrogen and oxygen atoms in total. The molecule has 0 saturated heterocycles. The van der Waals surface area contributed by atoms with Crippen molar-refractivity contribution in [3.8, 4) is 0 Å². The van der Waals surface area contributed by atoms with Gasteiger partial charge in [0.1, 0.15) is 0 Å². The molecule has 0 aromatic carbocycles. The number of allylic oxidation sites excluding steroid dienone is 2. The zero-order valence-corrected chi connectivity index (χ0v) is 40.5. The number of hydrogen-bond donors (Lipinski definition) is 3. The number of rotatable bonds is 50. The molecule has 0 aliphatic rings. The van der Waals surface area contributed by atoms with Gasteiger partial charge in [0.2, 0.25) is 5.91 Å². The van der Waals surface area contributed by atoms with Crippen molar-refractivity contribution in [2.45, 2.75) is 309 Å². The van der Waals surface area contributed by atoms with Crippen LogP contribution in [0.4, 0.5) is 0 Å². The molecule has 0 aromatic rings. The first-order chi connectivity index (χ1) is 29.5. The fourth-order valence-electron chi connectivity index (χ4n) is 8.40. The Labute approximate surface area is 374 Å². The summed E-state index contributed by atoms with van der Waals surface area (Å²) in [5, 5.41) is 23.3. The lowest BCUT2D eigenvalue weighted by Gasteiger charge is -2.22. The SMILES string of the molecule is CCCCCCCC/C=C\CCCCCCCC(=O)OCCCCCCCCCCCC(=O)NC(CO)C(O)CCCCCCCCCCCCCCCCCCCCC.